The van der Waals surface area contributed by atoms with Crippen molar-refractivity contribution in [3.05, 3.63) is 124 Å². The second kappa shape index (κ2) is 34.4. The van der Waals surface area contributed by atoms with E-state index in [2.05, 4.69) is 15.0 Å². The molecule has 27 heteroatoms. The molecule has 0 atom stereocenters. The molecule has 0 amide bonds. The predicted octanol–water partition coefficient (Wildman–Crippen LogP) is 4.91. The zero-order valence-electron chi connectivity index (χ0n) is 45.9. The third kappa shape index (κ3) is 16.2. The maximum atomic E-state index is 13.0. The summed E-state index contributed by atoms with van der Waals surface area (Å²) in [6.45, 7) is 7.80. The molecule has 0 saturated carbocycles. The van der Waals surface area contributed by atoms with Crippen LogP contribution in [0.3, 0.4) is 0 Å². The second-order valence-corrected chi connectivity index (χ2v) is 18.7. The number of fused-ring (bicyclic) bond motifs is 6. The van der Waals surface area contributed by atoms with Crippen LogP contribution in [0.2, 0.25) is 20.2 Å². The summed E-state index contributed by atoms with van der Waals surface area (Å²) in [4.78, 5) is 90.6. The minimum atomic E-state index is -1.06. The van der Waals surface area contributed by atoms with Crippen LogP contribution in [-0.2, 0) is 38.8 Å². The van der Waals surface area contributed by atoms with Gasteiger partial charge in [0, 0.05) is 28.2 Å². The fourth-order valence-corrected chi connectivity index (χ4v) is 9.30. The number of nitrogens with zero attached hydrogens (tertiary/aromatic N) is 8. The molecule has 9 rings (SSSR count). The number of esters is 1. The number of ether oxygens (including phenoxy) is 4. The number of pyridine rings is 6. The van der Waals surface area contributed by atoms with Crippen molar-refractivity contribution in [3.63, 3.8) is 0 Å². The smallest absolute Gasteiger partial charge is 0.870 e. The topological polar surface area (TPSA) is 280 Å². The molecule has 6 heterocycles. The zero-order valence-corrected chi connectivity index (χ0v) is 52.9. The third-order valence-electron chi connectivity index (χ3n) is 11.7. The van der Waals surface area contributed by atoms with E-state index in [-0.39, 0.29) is 157 Å². The van der Waals surface area contributed by atoms with E-state index in [1.54, 1.807) is 102 Å². The molecule has 9 aromatic rings. The van der Waals surface area contributed by atoms with Crippen LogP contribution in [0.15, 0.2) is 87.2 Å². The Balaban J connectivity index is 0.00000118. The molecule has 0 aliphatic carbocycles. The number of carboxylic acids is 1. The molecule has 0 aliphatic rings. The summed E-state index contributed by atoms with van der Waals surface area (Å²) in [5.41, 5.74) is 1.47. The quantitative estimate of drug-likeness (QED) is 0.0469. The van der Waals surface area contributed by atoms with Crippen molar-refractivity contribution in [1.29, 1.82) is 0 Å². The standard InChI is InChI=1S/C18H16Cl2N2O4.C18H18ClN3O4.C18H17ClN3O3.3CH4.2Na.2H2O/c1-3-25-14(23)9-22-15-10(5-7-12(19)17(15)26-4-2)16(24)11-6-8-13(20)21-18(11)22;1-4-26-17-12(19)7-5-10-15(17)22(9-14(23)24)18-11(16(10)25)6-8-13(20-18)21(2)3;1-4-25-17-13(19)7-5-11-15(17)22(9-10-23)18-12(16(11)24)6-8-14(20-18)21(2)3;;;;;;;/h5-8H,3-4,9H2,1-2H3;5-8H,4,9H2,1-3H3,(H,23,24);5-8H,4,9H2,1-3H3;3*1H4;;;2*1H2/q;;-1;;;;2*+1;;/p-2. The van der Waals surface area contributed by atoms with Gasteiger partial charge in [-0.15, -0.1) is 0 Å². The number of benzene rings is 3. The van der Waals surface area contributed by atoms with Crippen LogP contribution < -0.4 is 99.4 Å². The first-order valence-electron chi connectivity index (χ1n) is 23.9. The monoisotopic (exact) mass is 1260 g/mol. The van der Waals surface area contributed by atoms with E-state index in [9.17, 15) is 33.9 Å². The molecule has 0 bridgehead atoms. The fraction of sp³-hybridized carbons (Fsp3) is 0.316. The maximum Gasteiger partial charge on any atom is 1.00 e. The van der Waals surface area contributed by atoms with Crippen LogP contribution >= 0.6 is 46.4 Å². The van der Waals surface area contributed by atoms with Gasteiger partial charge in [-0.2, -0.15) is 0 Å². The van der Waals surface area contributed by atoms with Gasteiger partial charge in [0.1, 0.15) is 46.8 Å². The normalized spacial score (nSPS) is 10.1. The van der Waals surface area contributed by atoms with Gasteiger partial charge < -0.3 is 63.3 Å². The van der Waals surface area contributed by atoms with E-state index in [0.717, 1.165) is 0 Å². The molecule has 0 radical (unpaired) electrons. The first-order valence-corrected chi connectivity index (χ1v) is 25.4. The predicted molar refractivity (Wildman–Crippen MR) is 327 cm³/mol. The fourth-order valence-electron chi connectivity index (χ4n) is 8.54. The molecule has 3 N–H and O–H groups in total. The van der Waals surface area contributed by atoms with Crippen LogP contribution in [0.1, 0.15) is 50.0 Å². The Kier molecular flexibility index (Phi) is 32.0. The molecule has 0 aliphatic heterocycles. The number of carbonyl (C=O) groups is 2. The van der Waals surface area contributed by atoms with Crippen molar-refractivity contribution in [1.82, 2.24) is 28.7 Å². The van der Waals surface area contributed by atoms with E-state index in [1.165, 1.54) is 10.6 Å². The number of hydrogen-bond acceptors (Lipinski definition) is 17. The van der Waals surface area contributed by atoms with Crippen LogP contribution in [0.25, 0.3) is 65.8 Å². The minimum Gasteiger partial charge on any atom is -0.870 e. The summed E-state index contributed by atoms with van der Waals surface area (Å²) in [5.74, 6) is 0.716. The van der Waals surface area contributed by atoms with Crippen molar-refractivity contribution < 1.29 is 109 Å². The van der Waals surface area contributed by atoms with Crippen molar-refractivity contribution in [2.75, 3.05) is 64.4 Å². The van der Waals surface area contributed by atoms with Crippen molar-refractivity contribution >= 4 is 142 Å². The largest absolute Gasteiger partial charge is 1.00 e. The van der Waals surface area contributed by atoms with Crippen LogP contribution in [0.5, 0.6) is 17.2 Å². The Hall–Kier alpha value is -5.79. The summed E-state index contributed by atoms with van der Waals surface area (Å²) in [6.07, 6.45) is 1.88. The van der Waals surface area contributed by atoms with Crippen LogP contribution in [-0.4, -0.2) is 118 Å². The molecular formula is C57H65Cl4N8Na2O13-. The molecule has 0 spiro atoms. The third-order valence-corrected chi connectivity index (χ3v) is 12.9. The van der Waals surface area contributed by atoms with Gasteiger partial charge in [0.2, 0.25) is 0 Å². The van der Waals surface area contributed by atoms with Gasteiger partial charge in [0.05, 0.1) is 90.4 Å². The van der Waals surface area contributed by atoms with Crippen molar-refractivity contribution in [2.24, 2.45) is 0 Å². The average Bonchev–Trinajstić information content (AvgIpc) is 3.42. The van der Waals surface area contributed by atoms with Gasteiger partial charge in [-0.05, 0) is 100 Å². The maximum absolute atomic E-state index is 13.0. The number of carbonyl (C=O) groups excluding carboxylic acids is 2. The zero-order chi connectivity index (χ0) is 56.0. The number of rotatable bonds is 15. The summed E-state index contributed by atoms with van der Waals surface area (Å²) in [7, 11) is 7.34. The van der Waals surface area contributed by atoms with E-state index in [0.29, 0.717) is 113 Å². The van der Waals surface area contributed by atoms with Gasteiger partial charge in [-0.1, -0.05) is 75.2 Å². The Morgan fingerprint density at radius 1 is 0.512 bits per heavy atom. The number of hydrogen-bond donors (Lipinski definition) is 1. The Bertz CT molecular complexity index is 4000. The molecule has 3 aromatic carbocycles. The number of anilines is 2. The van der Waals surface area contributed by atoms with Gasteiger partial charge in [-0.25, -0.2) is 21.2 Å². The molecule has 0 unspecified atom stereocenters. The Labute approximate surface area is 549 Å². The average molecular weight is 1260 g/mol. The van der Waals surface area contributed by atoms with Crippen molar-refractivity contribution in [2.45, 2.75) is 69.6 Å². The second-order valence-electron chi connectivity index (χ2n) is 17.1. The van der Waals surface area contributed by atoms with Gasteiger partial charge >= 0.3 is 71.1 Å². The summed E-state index contributed by atoms with van der Waals surface area (Å²) in [6, 6.07) is 19.6. The van der Waals surface area contributed by atoms with E-state index < -0.39 is 11.9 Å². The summed E-state index contributed by atoms with van der Waals surface area (Å²) in [5, 5.41) is 12.9. The molecule has 6 aromatic heterocycles. The molecule has 21 nitrogen and oxygen atoms in total. The van der Waals surface area contributed by atoms with Crippen molar-refractivity contribution in [3.8, 4) is 17.2 Å². The Morgan fingerprint density at radius 3 is 1.19 bits per heavy atom. The molecule has 442 valence electrons. The van der Waals surface area contributed by atoms with Gasteiger partial charge in [-0.3, -0.25) is 24.0 Å². The number of aromatic nitrogens is 6. The minimum absolute atomic E-state index is 0. The molecule has 84 heavy (non-hydrogen) atoms. The Morgan fingerprint density at radius 2 is 0.845 bits per heavy atom. The first-order chi connectivity index (χ1) is 36.8. The van der Waals surface area contributed by atoms with E-state index in [4.69, 9.17) is 65.4 Å². The SMILES string of the molecule is C.C.C.CCOC(=O)Cn1c2nc(Cl)ccc2c(=O)c2ccc(Cl)c(OCC)c21.CCOc1c(Cl)ccc2c(=O)c3ccc(N(C)C)nc3n(CC(=O)O)c12.CCOc1c(Cl)ccc2c(=O)c3ccc(N(C)C)nc3n(C[C-]=O)c12.[Na+].[Na+].[OH-].[OH-]. The number of halogens is 4. The van der Waals surface area contributed by atoms with Gasteiger partial charge in [0.25, 0.3) is 0 Å². The molecule has 0 fully saturated rings. The first kappa shape index (κ1) is 78.2. The van der Waals surface area contributed by atoms with Gasteiger partial charge in [0.15, 0.2) is 33.5 Å². The number of carboxylic acid groups (broad SMARTS) is 1. The molecule has 0 saturated heterocycles. The van der Waals surface area contributed by atoms with E-state index >= 15 is 0 Å². The molecular weight excluding hydrogens is 1190 g/mol. The van der Waals surface area contributed by atoms with Crippen LogP contribution in [0, 0.1) is 0 Å². The summed E-state index contributed by atoms with van der Waals surface area (Å²) < 4.78 is 26.7. The summed E-state index contributed by atoms with van der Waals surface area (Å²) >= 11 is 24.8. The van der Waals surface area contributed by atoms with E-state index in [1.807, 2.05) is 46.3 Å². The number of aliphatic carboxylic acids is 1. The van der Waals surface area contributed by atoms with Crippen LogP contribution in [0.4, 0.5) is 11.6 Å².